The molecule has 4 N–H and O–H groups in total. The highest BCUT2D eigenvalue weighted by atomic mass is 32.2. The van der Waals surface area contributed by atoms with Crippen molar-refractivity contribution in [3.63, 3.8) is 0 Å². The monoisotopic (exact) mass is 348 g/mol. The van der Waals surface area contributed by atoms with Gasteiger partial charge in [-0.05, 0) is 24.3 Å². The van der Waals surface area contributed by atoms with E-state index < -0.39 is 6.09 Å². The molecule has 0 fully saturated rings. The zero-order valence-corrected chi connectivity index (χ0v) is 13.9. The Labute approximate surface area is 144 Å². The van der Waals surface area contributed by atoms with E-state index in [4.69, 9.17) is 10.2 Å². The van der Waals surface area contributed by atoms with Crippen LogP contribution in [0.4, 0.5) is 16.2 Å². The molecule has 0 radical (unpaired) electrons. The van der Waals surface area contributed by atoms with Gasteiger partial charge in [0.05, 0.1) is 24.6 Å². The van der Waals surface area contributed by atoms with Crippen molar-refractivity contribution in [3.05, 3.63) is 48.5 Å². The quantitative estimate of drug-likeness (QED) is 0.635. The molecule has 24 heavy (non-hydrogen) atoms. The van der Waals surface area contributed by atoms with Crippen LogP contribution in [0.15, 0.2) is 58.3 Å². The van der Waals surface area contributed by atoms with Crippen LogP contribution in [0.2, 0.25) is 0 Å². The summed E-state index contributed by atoms with van der Waals surface area (Å²) >= 11 is 1.60. The maximum Gasteiger partial charge on any atom is 0.416 e. The normalized spacial score (nSPS) is 11.8. The van der Waals surface area contributed by atoms with Crippen molar-refractivity contribution in [2.45, 2.75) is 9.79 Å². The van der Waals surface area contributed by atoms with Crippen LogP contribution in [0, 0.1) is 0 Å². The van der Waals surface area contributed by atoms with E-state index in [2.05, 4.69) is 5.32 Å². The Hall–Kier alpha value is -2.06. The first-order valence-electron chi connectivity index (χ1n) is 7.50. The highest BCUT2D eigenvalue weighted by Crippen LogP contribution is 2.47. The van der Waals surface area contributed by atoms with Gasteiger partial charge in [-0.1, -0.05) is 36.0 Å². The number of hydrogen-bond acceptors (Lipinski definition) is 5. The Bertz CT molecular complexity index is 632. The zero-order chi connectivity index (χ0) is 17.4. The Balaban J connectivity index is 0.000000256. The van der Waals surface area contributed by atoms with E-state index in [0.717, 1.165) is 21.2 Å². The number of aliphatic hydroxyl groups is 2. The fourth-order valence-electron chi connectivity index (χ4n) is 2.19. The predicted molar refractivity (Wildman–Crippen MR) is 94.2 cm³/mol. The third kappa shape index (κ3) is 4.48. The van der Waals surface area contributed by atoms with Gasteiger partial charge in [-0.25, -0.2) is 9.69 Å². The van der Waals surface area contributed by atoms with Gasteiger partial charge in [-0.15, -0.1) is 0 Å². The smallest absolute Gasteiger partial charge is 0.416 e. The molecular weight excluding hydrogens is 328 g/mol. The molecule has 6 nitrogen and oxygen atoms in total. The number of carboxylic acid groups (broad SMARTS) is 1. The minimum Gasteiger partial charge on any atom is -0.464 e. The Morgan fingerprint density at radius 1 is 0.917 bits per heavy atom. The molecule has 2 aromatic rings. The van der Waals surface area contributed by atoms with Crippen LogP contribution in [0.1, 0.15) is 0 Å². The fourth-order valence-corrected chi connectivity index (χ4v) is 3.25. The second kappa shape index (κ2) is 9.29. The van der Waals surface area contributed by atoms with Gasteiger partial charge in [0.2, 0.25) is 0 Å². The first-order chi connectivity index (χ1) is 11.7. The van der Waals surface area contributed by atoms with Crippen LogP contribution in [-0.2, 0) is 0 Å². The summed E-state index contributed by atoms with van der Waals surface area (Å²) in [4.78, 5) is 14.7. The van der Waals surface area contributed by atoms with E-state index >= 15 is 0 Å². The van der Waals surface area contributed by atoms with Crippen molar-refractivity contribution in [1.29, 1.82) is 0 Å². The number of benzene rings is 2. The maximum absolute atomic E-state index is 11.4. The second-order valence-electron chi connectivity index (χ2n) is 4.85. The Morgan fingerprint density at radius 3 is 1.79 bits per heavy atom. The third-order valence-electron chi connectivity index (χ3n) is 3.20. The lowest BCUT2D eigenvalue weighted by atomic mass is 10.2. The molecule has 1 amide bonds. The summed E-state index contributed by atoms with van der Waals surface area (Å²) in [6.45, 7) is 1.42. The van der Waals surface area contributed by atoms with Crippen LogP contribution < -0.4 is 10.2 Å². The topological polar surface area (TPSA) is 93.0 Å². The van der Waals surface area contributed by atoms with Gasteiger partial charge in [0.1, 0.15) is 0 Å². The number of carbonyl (C=O) groups is 1. The number of para-hydroxylation sites is 2. The molecule has 1 aliphatic heterocycles. The molecule has 0 unspecified atom stereocenters. The molecule has 0 spiro atoms. The molecule has 1 heterocycles. The summed E-state index contributed by atoms with van der Waals surface area (Å²) in [5.41, 5.74) is 1.45. The summed E-state index contributed by atoms with van der Waals surface area (Å²) in [6.07, 6.45) is -0.954. The zero-order valence-electron chi connectivity index (χ0n) is 13.1. The lowest BCUT2D eigenvalue weighted by Gasteiger charge is -2.28. The van der Waals surface area contributed by atoms with Crippen molar-refractivity contribution < 1.29 is 20.1 Å². The van der Waals surface area contributed by atoms with Crippen molar-refractivity contribution >= 4 is 29.2 Å². The fraction of sp³-hybridized carbons (Fsp3) is 0.235. The molecule has 7 heteroatoms. The van der Waals surface area contributed by atoms with Crippen LogP contribution in [0.3, 0.4) is 0 Å². The van der Waals surface area contributed by atoms with Crippen molar-refractivity contribution in [1.82, 2.24) is 5.32 Å². The predicted octanol–water partition coefficient (Wildman–Crippen LogP) is 2.53. The molecule has 0 aliphatic carbocycles. The average molecular weight is 348 g/mol. The number of anilines is 2. The van der Waals surface area contributed by atoms with Crippen LogP contribution in [-0.4, -0.2) is 47.7 Å². The molecular formula is C17H20N2O4S. The van der Waals surface area contributed by atoms with Gasteiger partial charge in [0, 0.05) is 22.9 Å². The molecule has 128 valence electrons. The van der Waals surface area contributed by atoms with Gasteiger partial charge >= 0.3 is 6.09 Å². The number of aliphatic hydroxyl groups excluding tert-OH is 2. The van der Waals surface area contributed by atoms with Crippen LogP contribution >= 0.6 is 11.8 Å². The van der Waals surface area contributed by atoms with Gasteiger partial charge in [0.25, 0.3) is 0 Å². The van der Waals surface area contributed by atoms with E-state index in [0.29, 0.717) is 13.1 Å². The number of fused-ring (bicyclic) bond motifs is 2. The van der Waals surface area contributed by atoms with E-state index in [9.17, 15) is 9.90 Å². The molecule has 3 rings (SSSR count). The van der Waals surface area contributed by atoms with E-state index in [1.54, 1.807) is 11.8 Å². The summed E-state index contributed by atoms with van der Waals surface area (Å²) in [5, 5.41) is 28.4. The van der Waals surface area contributed by atoms with Gasteiger partial charge < -0.3 is 20.6 Å². The molecule has 0 bridgehead atoms. The third-order valence-corrected chi connectivity index (χ3v) is 4.33. The van der Waals surface area contributed by atoms with Gasteiger partial charge in [-0.2, -0.15) is 0 Å². The van der Waals surface area contributed by atoms with Crippen LogP contribution in [0.25, 0.3) is 0 Å². The minimum absolute atomic E-state index is 0.139. The molecule has 1 aliphatic rings. The minimum atomic E-state index is -0.954. The highest BCUT2D eigenvalue weighted by Gasteiger charge is 2.27. The van der Waals surface area contributed by atoms with Crippen molar-refractivity contribution in [2.75, 3.05) is 31.2 Å². The summed E-state index contributed by atoms with van der Waals surface area (Å²) in [5.74, 6) is 0. The highest BCUT2D eigenvalue weighted by molar-refractivity contribution is 7.99. The number of nitrogens with zero attached hydrogens (tertiary/aromatic N) is 1. The average Bonchev–Trinajstić information content (AvgIpc) is 2.60. The van der Waals surface area contributed by atoms with Crippen molar-refractivity contribution in [3.8, 4) is 0 Å². The maximum atomic E-state index is 11.4. The molecule has 0 aromatic heterocycles. The summed E-state index contributed by atoms with van der Waals surface area (Å²) in [6, 6.07) is 15.1. The molecule has 0 saturated heterocycles. The standard InChI is InChI=1S/C13H9NO2S.C4H11NO2/c15-13(16)14-9-5-1-3-7-11(9)17-12-8-4-2-6-10(12)14;6-3-1-5-2-4-7/h1-8H,(H,15,16);5-7H,1-4H2. The SMILES string of the molecule is O=C(O)N1c2ccccc2Sc2ccccc21.OCCNCCO. The molecule has 2 aromatic carbocycles. The van der Waals surface area contributed by atoms with Crippen LogP contribution in [0.5, 0.6) is 0 Å². The van der Waals surface area contributed by atoms with Gasteiger partial charge in [0.15, 0.2) is 0 Å². The lowest BCUT2D eigenvalue weighted by Crippen LogP contribution is -2.26. The van der Waals surface area contributed by atoms with Gasteiger partial charge in [-0.3, -0.25) is 0 Å². The molecule has 0 atom stereocenters. The summed E-state index contributed by atoms with van der Waals surface area (Å²) in [7, 11) is 0. The van der Waals surface area contributed by atoms with Crippen molar-refractivity contribution in [2.24, 2.45) is 0 Å². The summed E-state index contributed by atoms with van der Waals surface area (Å²) < 4.78 is 0. The number of amides is 1. The Morgan fingerprint density at radius 2 is 1.38 bits per heavy atom. The number of rotatable bonds is 4. The van der Waals surface area contributed by atoms with E-state index in [-0.39, 0.29) is 13.2 Å². The van der Waals surface area contributed by atoms with E-state index in [1.165, 1.54) is 4.90 Å². The number of nitrogens with one attached hydrogen (secondary N) is 1. The lowest BCUT2D eigenvalue weighted by molar-refractivity contribution is 0.204. The van der Waals surface area contributed by atoms with E-state index in [1.807, 2.05) is 48.5 Å². The molecule has 0 saturated carbocycles. The number of hydrogen-bond donors (Lipinski definition) is 4. The second-order valence-corrected chi connectivity index (χ2v) is 5.94. The first kappa shape index (κ1) is 18.3. The first-order valence-corrected chi connectivity index (χ1v) is 8.32. The largest absolute Gasteiger partial charge is 0.464 e. The Kier molecular flexibility index (Phi) is 7.07.